The number of nitrogens with one attached hydrogen (secondary N) is 1. The van der Waals surface area contributed by atoms with Crippen molar-refractivity contribution in [2.24, 2.45) is 13.0 Å². The fourth-order valence-corrected chi connectivity index (χ4v) is 3.92. The van der Waals surface area contributed by atoms with Crippen LogP contribution >= 0.6 is 11.3 Å². The van der Waals surface area contributed by atoms with Crippen LogP contribution in [0.2, 0.25) is 0 Å². The van der Waals surface area contributed by atoms with Crippen LogP contribution in [0.15, 0.2) is 17.8 Å². The summed E-state index contributed by atoms with van der Waals surface area (Å²) in [5.41, 5.74) is 3.02. The van der Waals surface area contributed by atoms with Gasteiger partial charge in [-0.1, -0.05) is 0 Å². The number of thiazole rings is 1. The third kappa shape index (κ3) is 4.12. The van der Waals surface area contributed by atoms with Gasteiger partial charge in [-0.3, -0.25) is 10.00 Å². The summed E-state index contributed by atoms with van der Waals surface area (Å²) in [5, 5.41) is 7.04. The van der Waals surface area contributed by atoms with Gasteiger partial charge in [-0.05, 0) is 26.3 Å². The molecule has 8 heteroatoms. The van der Waals surface area contributed by atoms with E-state index >= 15 is 0 Å². The third-order valence-electron chi connectivity index (χ3n) is 4.35. The molecular formula is C16H24N6OS. The highest BCUT2D eigenvalue weighted by atomic mass is 32.1. The van der Waals surface area contributed by atoms with E-state index in [9.17, 15) is 4.79 Å². The maximum atomic E-state index is 12.3. The molecule has 24 heavy (non-hydrogen) atoms. The highest BCUT2D eigenvalue weighted by molar-refractivity contribution is 7.09. The van der Waals surface area contributed by atoms with Crippen molar-refractivity contribution >= 4 is 23.2 Å². The van der Waals surface area contributed by atoms with Crippen molar-refractivity contribution in [3.05, 3.63) is 28.3 Å². The Morgan fingerprint density at radius 1 is 1.54 bits per heavy atom. The van der Waals surface area contributed by atoms with Crippen LogP contribution in [0.1, 0.15) is 17.0 Å². The van der Waals surface area contributed by atoms with Crippen LogP contribution in [0.3, 0.4) is 0 Å². The Morgan fingerprint density at radius 2 is 2.38 bits per heavy atom. The monoisotopic (exact) mass is 348 g/mol. The summed E-state index contributed by atoms with van der Waals surface area (Å²) >= 11 is 1.71. The van der Waals surface area contributed by atoms with Crippen molar-refractivity contribution < 1.29 is 4.79 Å². The lowest BCUT2D eigenvalue weighted by molar-refractivity contribution is 0.216. The SMILES string of the molecule is Cc1ncsc1CN(C)CC1CCN(C(=O)Nc2ccn(C)n2)C1. The molecule has 1 unspecified atom stereocenters. The topological polar surface area (TPSA) is 66.3 Å². The molecule has 0 radical (unpaired) electrons. The highest BCUT2D eigenvalue weighted by Gasteiger charge is 2.27. The average Bonchev–Trinajstić information content (AvgIpc) is 3.23. The molecule has 1 atom stereocenters. The predicted molar refractivity (Wildman–Crippen MR) is 95.1 cm³/mol. The van der Waals surface area contributed by atoms with Gasteiger partial charge < -0.3 is 9.80 Å². The van der Waals surface area contributed by atoms with Gasteiger partial charge in [0.25, 0.3) is 0 Å². The molecule has 1 aliphatic rings. The molecule has 3 heterocycles. The van der Waals surface area contributed by atoms with E-state index in [0.29, 0.717) is 11.7 Å². The number of carbonyl (C=O) groups excluding carboxylic acids is 1. The lowest BCUT2D eigenvalue weighted by atomic mass is 10.1. The minimum absolute atomic E-state index is 0.0582. The molecule has 1 aliphatic heterocycles. The number of carbonyl (C=O) groups is 1. The third-order valence-corrected chi connectivity index (χ3v) is 5.27. The Bertz CT molecular complexity index is 696. The number of amides is 2. The van der Waals surface area contributed by atoms with E-state index in [1.807, 2.05) is 23.7 Å². The van der Waals surface area contributed by atoms with Gasteiger partial charge in [0.1, 0.15) is 0 Å². The summed E-state index contributed by atoms with van der Waals surface area (Å²) in [4.78, 5) is 22.1. The normalized spacial score (nSPS) is 17.7. The molecule has 2 aromatic heterocycles. The first-order chi connectivity index (χ1) is 11.5. The quantitative estimate of drug-likeness (QED) is 0.899. The molecule has 1 saturated heterocycles. The van der Waals surface area contributed by atoms with Gasteiger partial charge in [0.2, 0.25) is 0 Å². The Hall–Kier alpha value is -1.93. The molecular weight excluding hydrogens is 324 g/mol. The first kappa shape index (κ1) is 16.9. The predicted octanol–water partition coefficient (Wildman–Crippen LogP) is 2.17. The Kier molecular flexibility index (Phi) is 5.15. The first-order valence-electron chi connectivity index (χ1n) is 8.14. The number of urea groups is 1. The van der Waals surface area contributed by atoms with Crippen molar-refractivity contribution in [2.75, 3.05) is 32.0 Å². The smallest absolute Gasteiger partial charge is 0.323 e. The van der Waals surface area contributed by atoms with Crippen molar-refractivity contribution in [3.63, 3.8) is 0 Å². The fraction of sp³-hybridized carbons (Fsp3) is 0.562. The molecule has 2 aromatic rings. The molecule has 1 N–H and O–H groups in total. The summed E-state index contributed by atoms with van der Waals surface area (Å²) < 4.78 is 1.68. The van der Waals surface area contributed by atoms with Crippen LogP contribution in [-0.2, 0) is 13.6 Å². The Labute approximate surface area is 146 Å². The van der Waals surface area contributed by atoms with Crippen molar-refractivity contribution in [1.82, 2.24) is 24.6 Å². The molecule has 0 bridgehead atoms. The summed E-state index contributed by atoms with van der Waals surface area (Å²) in [6.45, 7) is 5.57. The number of hydrogen-bond donors (Lipinski definition) is 1. The van der Waals surface area contributed by atoms with Gasteiger partial charge in [0, 0.05) is 50.4 Å². The summed E-state index contributed by atoms with van der Waals surface area (Å²) in [7, 11) is 3.97. The van der Waals surface area contributed by atoms with Gasteiger partial charge in [0.05, 0.1) is 11.2 Å². The number of rotatable bonds is 5. The first-order valence-corrected chi connectivity index (χ1v) is 9.02. The largest absolute Gasteiger partial charge is 0.324 e. The van der Waals surface area contributed by atoms with Crippen molar-refractivity contribution in [3.8, 4) is 0 Å². The van der Waals surface area contributed by atoms with Gasteiger partial charge in [-0.25, -0.2) is 9.78 Å². The van der Waals surface area contributed by atoms with Crippen LogP contribution in [0.25, 0.3) is 0 Å². The second-order valence-corrected chi connectivity index (χ2v) is 7.40. The van der Waals surface area contributed by atoms with Crippen LogP contribution in [0.5, 0.6) is 0 Å². The molecule has 3 rings (SSSR count). The Balaban J connectivity index is 1.46. The van der Waals surface area contributed by atoms with Crippen LogP contribution in [0, 0.1) is 12.8 Å². The zero-order valence-electron chi connectivity index (χ0n) is 14.4. The van der Waals surface area contributed by atoms with E-state index in [2.05, 4.69) is 34.3 Å². The number of hydrogen-bond acceptors (Lipinski definition) is 5. The molecule has 0 aliphatic carbocycles. The average molecular weight is 348 g/mol. The fourth-order valence-electron chi connectivity index (χ4n) is 3.06. The van der Waals surface area contributed by atoms with Gasteiger partial charge in [-0.2, -0.15) is 5.10 Å². The molecule has 130 valence electrons. The minimum atomic E-state index is -0.0582. The van der Waals surface area contributed by atoms with E-state index in [0.717, 1.165) is 38.3 Å². The molecule has 1 fully saturated rings. The van der Waals surface area contributed by atoms with Crippen molar-refractivity contribution in [2.45, 2.75) is 19.9 Å². The standard InChI is InChI=1S/C16H24N6OS/c1-12-14(24-11-17-12)10-20(2)8-13-4-7-22(9-13)16(23)18-15-5-6-21(3)19-15/h5-6,11,13H,4,7-10H2,1-3H3,(H,18,19,23). The minimum Gasteiger partial charge on any atom is -0.324 e. The van der Waals surface area contributed by atoms with Crippen LogP contribution in [-0.4, -0.2) is 57.3 Å². The molecule has 2 amide bonds. The van der Waals surface area contributed by atoms with Gasteiger partial charge in [-0.15, -0.1) is 11.3 Å². The second kappa shape index (κ2) is 7.31. The zero-order chi connectivity index (χ0) is 17.1. The van der Waals surface area contributed by atoms with E-state index in [1.54, 1.807) is 22.1 Å². The summed E-state index contributed by atoms with van der Waals surface area (Å²) in [6.07, 6.45) is 2.86. The van der Waals surface area contributed by atoms with Gasteiger partial charge in [0.15, 0.2) is 5.82 Å². The number of likely N-dealkylation sites (tertiary alicyclic amines) is 1. The maximum Gasteiger partial charge on any atom is 0.323 e. The van der Waals surface area contributed by atoms with Crippen molar-refractivity contribution in [1.29, 1.82) is 0 Å². The maximum absolute atomic E-state index is 12.3. The van der Waals surface area contributed by atoms with E-state index in [1.165, 1.54) is 4.88 Å². The second-order valence-electron chi connectivity index (χ2n) is 6.46. The van der Waals surface area contributed by atoms with E-state index < -0.39 is 0 Å². The van der Waals surface area contributed by atoms with Crippen LogP contribution < -0.4 is 5.32 Å². The van der Waals surface area contributed by atoms with E-state index in [4.69, 9.17) is 0 Å². The zero-order valence-corrected chi connectivity index (χ0v) is 15.2. The Morgan fingerprint density at radius 3 is 3.04 bits per heavy atom. The summed E-state index contributed by atoms with van der Waals surface area (Å²) in [6, 6.07) is 1.74. The number of nitrogens with zero attached hydrogens (tertiary/aromatic N) is 5. The van der Waals surface area contributed by atoms with Crippen LogP contribution in [0.4, 0.5) is 10.6 Å². The lowest BCUT2D eigenvalue weighted by Crippen LogP contribution is -2.34. The van der Waals surface area contributed by atoms with E-state index in [-0.39, 0.29) is 6.03 Å². The molecule has 0 aromatic carbocycles. The highest BCUT2D eigenvalue weighted by Crippen LogP contribution is 2.20. The number of anilines is 1. The summed E-state index contributed by atoms with van der Waals surface area (Å²) in [5.74, 6) is 1.11. The lowest BCUT2D eigenvalue weighted by Gasteiger charge is -2.21. The molecule has 7 nitrogen and oxygen atoms in total. The molecule has 0 saturated carbocycles. The number of aryl methyl sites for hydroxylation is 2. The number of aromatic nitrogens is 3. The van der Waals surface area contributed by atoms with Gasteiger partial charge >= 0.3 is 6.03 Å². The molecule has 0 spiro atoms.